The van der Waals surface area contributed by atoms with Crippen LogP contribution >= 0.6 is 0 Å². The summed E-state index contributed by atoms with van der Waals surface area (Å²) in [6.45, 7) is 1.56. The number of benzene rings is 3. The van der Waals surface area contributed by atoms with Crippen LogP contribution < -0.4 is 9.47 Å². The van der Waals surface area contributed by atoms with Gasteiger partial charge in [-0.3, -0.25) is 9.78 Å². The van der Waals surface area contributed by atoms with Crippen LogP contribution in [0.3, 0.4) is 0 Å². The van der Waals surface area contributed by atoms with Gasteiger partial charge in [0.2, 0.25) is 5.91 Å². The van der Waals surface area contributed by atoms with E-state index in [1.807, 2.05) is 89.8 Å². The first-order valence-electron chi connectivity index (χ1n) is 12.3. The number of amides is 1. The van der Waals surface area contributed by atoms with Crippen molar-refractivity contribution in [2.75, 3.05) is 13.7 Å². The SMILES string of the molecule is COc1cc(CN(CCc2ccccn2)C(=O)CCc2ccccc2)ccc1OCc1ccccc1. The van der Waals surface area contributed by atoms with Crippen LogP contribution in [-0.4, -0.2) is 29.4 Å². The highest BCUT2D eigenvalue weighted by molar-refractivity contribution is 5.76. The monoisotopic (exact) mass is 480 g/mol. The van der Waals surface area contributed by atoms with Crippen LogP contribution in [0.15, 0.2) is 103 Å². The van der Waals surface area contributed by atoms with Crippen molar-refractivity contribution in [2.45, 2.75) is 32.4 Å². The molecular formula is C31H32N2O3. The molecule has 0 unspecified atom stereocenters. The Labute approximate surface area is 213 Å². The van der Waals surface area contributed by atoms with Crippen molar-refractivity contribution in [3.63, 3.8) is 0 Å². The number of hydrogen-bond donors (Lipinski definition) is 0. The van der Waals surface area contributed by atoms with Crippen LogP contribution in [0.25, 0.3) is 0 Å². The summed E-state index contributed by atoms with van der Waals surface area (Å²) in [7, 11) is 1.64. The molecule has 0 fully saturated rings. The summed E-state index contributed by atoms with van der Waals surface area (Å²) in [5, 5.41) is 0. The maximum Gasteiger partial charge on any atom is 0.223 e. The molecule has 0 N–H and O–H groups in total. The Kier molecular flexibility index (Phi) is 9.09. The third-order valence-corrected chi connectivity index (χ3v) is 6.03. The largest absolute Gasteiger partial charge is 0.493 e. The Bertz CT molecular complexity index is 1210. The van der Waals surface area contributed by atoms with E-state index in [4.69, 9.17) is 9.47 Å². The summed E-state index contributed by atoms with van der Waals surface area (Å²) in [5.74, 6) is 1.46. The minimum Gasteiger partial charge on any atom is -0.493 e. The number of ether oxygens (including phenoxy) is 2. The second-order valence-corrected chi connectivity index (χ2v) is 8.63. The van der Waals surface area contributed by atoms with Gasteiger partial charge in [-0.15, -0.1) is 0 Å². The van der Waals surface area contributed by atoms with Gasteiger partial charge in [-0.25, -0.2) is 0 Å². The van der Waals surface area contributed by atoms with Crippen molar-refractivity contribution >= 4 is 5.91 Å². The number of pyridine rings is 1. The summed E-state index contributed by atoms with van der Waals surface area (Å²) in [4.78, 5) is 19.6. The molecule has 0 saturated carbocycles. The number of aromatic nitrogens is 1. The Hall–Kier alpha value is -4.12. The van der Waals surface area contributed by atoms with E-state index in [9.17, 15) is 4.79 Å². The van der Waals surface area contributed by atoms with E-state index in [1.165, 1.54) is 0 Å². The van der Waals surface area contributed by atoms with Crippen LogP contribution in [0.1, 0.15) is 28.8 Å². The standard InChI is InChI=1S/C31H32N2O3/c1-35-30-22-27(15-17-29(30)36-24-26-12-6-3-7-13-26)23-33(21-19-28-14-8-9-20-32-28)31(34)18-16-25-10-4-2-5-11-25/h2-15,17,20,22H,16,18-19,21,23-24H2,1H3. The molecule has 0 atom stereocenters. The molecule has 0 saturated heterocycles. The normalized spacial score (nSPS) is 10.6. The van der Waals surface area contributed by atoms with Crippen LogP contribution in [0.4, 0.5) is 0 Å². The van der Waals surface area contributed by atoms with Crippen molar-refractivity contribution in [1.29, 1.82) is 0 Å². The number of rotatable bonds is 12. The lowest BCUT2D eigenvalue weighted by molar-refractivity contribution is -0.131. The number of nitrogens with zero attached hydrogens (tertiary/aromatic N) is 2. The molecule has 5 nitrogen and oxygen atoms in total. The van der Waals surface area contributed by atoms with E-state index in [-0.39, 0.29) is 5.91 Å². The average Bonchev–Trinajstić information content (AvgIpc) is 2.94. The molecule has 0 aliphatic rings. The molecule has 184 valence electrons. The van der Waals surface area contributed by atoms with Crippen molar-refractivity contribution in [3.05, 3.63) is 126 Å². The smallest absolute Gasteiger partial charge is 0.223 e. The minimum absolute atomic E-state index is 0.123. The summed E-state index contributed by atoms with van der Waals surface area (Å²) in [6.07, 6.45) is 3.67. The molecule has 1 aromatic heterocycles. The molecule has 0 aliphatic heterocycles. The molecule has 5 heteroatoms. The van der Waals surface area contributed by atoms with E-state index < -0.39 is 0 Å². The van der Waals surface area contributed by atoms with Gasteiger partial charge in [-0.05, 0) is 47.4 Å². The van der Waals surface area contributed by atoms with Gasteiger partial charge in [-0.1, -0.05) is 72.8 Å². The highest BCUT2D eigenvalue weighted by Crippen LogP contribution is 2.29. The topological polar surface area (TPSA) is 51.7 Å². The van der Waals surface area contributed by atoms with Gasteiger partial charge in [0.05, 0.1) is 7.11 Å². The Morgan fingerprint density at radius 3 is 2.19 bits per heavy atom. The van der Waals surface area contributed by atoms with Gasteiger partial charge in [0.15, 0.2) is 11.5 Å². The van der Waals surface area contributed by atoms with Crippen molar-refractivity contribution in [2.24, 2.45) is 0 Å². The van der Waals surface area contributed by atoms with Crippen LogP contribution in [-0.2, 0) is 30.8 Å². The second-order valence-electron chi connectivity index (χ2n) is 8.63. The third kappa shape index (κ3) is 7.44. The lowest BCUT2D eigenvalue weighted by atomic mass is 10.1. The minimum atomic E-state index is 0.123. The zero-order valence-corrected chi connectivity index (χ0v) is 20.7. The van der Waals surface area contributed by atoms with Gasteiger partial charge in [0.25, 0.3) is 0 Å². The zero-order valence-electron chi connectivity index (χ0n) is 20.7. The first-order valence-corrected chi connectivity index (χ1v) is 12.3. The fraction of sp³-hybridized carbons (Fsp3) is 0.226. The second kappa shape index (κ2) is 13.1. The van der Waals surface area contributed by atoms with E-state index in [2.05, 4.69) is 17.1 Å². The lowest BCUT2D eigenvalue weighted by Gasteiger charge is -2.23. The number of methoxy groups -OCH3 is 1. The molecule has 0 aliphatic carbocycles. The first-order chi connectivity index (χ1) is 17.7. The maximum absolute atomic E-state index is 13.3. The zero-order chi connectivity index (χ0) is 25.0. The average molecular weight is 481 g/mol. The predicted molar refractivity (Wildman–Crippen MR) is 142 cm³/mol. The van der Waals surface area contributed by atoms with Crippen LogP contribution in [0.5, 0.6) is 11.5 Å². The number of carbonyl (C=O) groups is 1. The molecule has 36 heavy (non-hydrogen) atoms. The maximum atomic E-state index is 13.3. The van der Waals surface area contributed by atoms with E-state index in [1.54, 1.807) is 13.3 Å². The molecular weight excluding hydrogens is 448 g/mol. The van der Waals surface area contributed by atoms with Crippen LogP contribution in [0, 0.1) is 0 Å². The number of hydrogen-bond acceptors (Lipinski definition) is 4. The Morgan fingerprint density at radius 2 is 1.50 bits per heavy atom. The number of aryl methyl sites for hydroxylation is 1. The summed E-state index contributed by atoms with van der Waals surface area (Å²) in [6, 6.07) is 31.9. The lowest BCUT2D eigenvalue weighted by Crippen LogP contribution is -2.32. The fourth-order valence-corrected chi connectivity index (χ4v) is 4.03. The van der Waals surface area contributed by atoms with Gasteiger partial charge in [0.1, 0.15) is 6.61 Å². The highest BCUT2D eigenvalue weighted by Gasteiger charge is 2.16. The van der Waals surface area contributed by atoms with Crippen LogP contribution in [0.2, 0.25) is 0 Å². The van der Waals surface area contributed by atoms with E-state index in [0.717, 1.165) is 28.8 Å². The Morgan fingerprint density at radius 1 is 0.778 bits per heavy atom. The van der Waals surface area contributed by atoms with Gasteiger partial charge in [0, 0.05) is 37.8 Å². The quantitative estimate of drug-likeness (QED) is 0.254. The van der Waals surface area contributed by atoms with Crippen molar-refractivity contribution in [3.8, 4) is 11.5 Å². The highest BCUT2D eigenvalue weighted by atomic mass is 16.5. The fourth-order valence-electron chi connectivity index (χ4n) is 4.03. The predicted octanol–water partition coefficient (Wildman–Crippen LogP) is 5.87. The molecule has 1 heterocycles. The molecule has 0 spiro atoms. The molecule has 1 amide bonds. The summed E-state index contributed by atoms with van der Waals surface area (Å²) in [5.41, 5.74) is 4.22. The Balaban J connectivity index is 1.44. The van der Waals surface area contributed by atoms with Gasteiger partial charge >= 0.3 is 0 Å². The third-order valence-electron chi connectivity index (χ3n) is 6.03. The molecule has 4 rings (SSSR count). The van der Waals surface area contributed by atoms with Crippen molar-refractivity contribution < 1.29 is 14.3 Å². The number of carbonyl (C=O) groups excluding carboxylic acids is 1. The van der Waals surface area contributed by atoms with Gasteiger partial charge < -0.3 is 14.4 Å². The van der Waals surface area contributed by atoms with Gasteiger partial charge in [-0.2, -0.15) is 0 Å². The van der Waals surface area contributed by atoms with E-state index in [0.29, 0.717) is 44.0 Å². The van der Waals surface area contributed by atoms with E-state index >= 15 is 0 Å². The molecule has 0 radical (unpaired) electrons. The molecule has 0 bridgehead atoms. The van der Waals surface area contributed by atoms with Crippen molar-refractivity contribution in [1.82, 2.24) is 9.88 Å². The summed E-state index contributed by atoms with van der Waals surface area (Å²) >= 11 is 0. The first kappa shape index (κ1) is 25.0. The molecule has 3 aromatic carbocycles. The summed E-state index contributed by atoms with van der Waals surface area (Å²) < 4.78 is 11.6. The molecule has 4 aromatic rings.